The highest BCUT2D eigenvalue weighted by Crippen LogP contribution is 2.47. The monoisotopic (exact) mass is 169 g/mol. The Kier molecular flexibility index (Phi) is 3.12. The van der Waals surface area contributed by atoms with E-state index in [-0.39, 0.29) is 5.91 Å². The number of amides is 1. The van der Waals surface area contributed by atoms with Gasteiger partial charge in [0.25, 0.3) is 0 Å². The Hall–Kier alpha value is -0.530. The first-order valence-electron chi connectivity index (χ1n) is 4.99. The second kappa shape index (κ2) is 3.92. The summed E-state index contributed by atoms with van der Waals surface area (Å²) in [5, 5.41) is 3.00. The van der Waals surface area contributed by atoms with Gasteiger partial charge in [0.1, 0.15) is 0 Å². The van der Waals surface area contributed by atoms with Crippen LogP contribution < -0.4 is 5.32 Å². The smallest absolute Gasteiger partial charge is 0.220 e. The average molecular weight is 169 g/mol. The lowest BCUT2D eigenvalue weighted by Gasteiger charge is -2.12. The first kappa shape index (κ1) is 9.56. The molecule has 0 aliphatic heterocycles. The summed E-state index contributed by atoms with van der Waals surface area (Å²) < 4.78 is 0. The Morgan fingerprint density at radius 2 is 2.08 bits per heavy atom. The van der Waals surface area contributed by atoms with Gasteiger partial charge >= 0.3 is 0 Å². The molecule has 1 N–H and O–H groups in total. The maximum atomic E-state index is 11.1. The molecule has 0 aromatic rings. The Bertz CT molecular complexity index is 161. The molecule has 1 aliphatic rings. The molecule has 1 aliphatic carbocycles. The predicted octanol–water partition coefficient (Wildman–Crippen LogP) is 2.09. The van der Waals surface area contributed by atoms with E-state index in [2.05, 4.69) is 12.2 Å². The molecule has 1 rings (SSSR count). The van der Waals surface area contributed by atoms with Crippen LogP contribution in [0.5, 0.6) is 0 Å². The standard InChI is InChI=1S/C10H19NO/c1-3-5-9(12)11-8-10(4-2)6-7-10/h3-8H2,1-2H3,(H,11,12). The van der Waals surface area contributed by atoms with Crippen LogP contribution in [0.1, 0.15) is 46.0 Å². The van der Waals surface area contributed by atoms with Crippen molar-refractivity contribution in [2.45, 2.75) is 46.0 Å². The first-order valence-corrected chi connectivity index (χ1v) is 4.99. The molecule has 0 unspecified atom stereocenters. The fraction of sp³-hybridized carbons (Fsp3) is 0.900. The molecular weight excluding hydrogens is 150 g/mol. The van der Waals surface area contributed by atoms with Gasteiger partial charge in [0.05, 0.1) is 0 Å². The third kappa shape index (κ3) is 2.50. The van der Waals surface area contributed by atoms with Crippen LogP contribution in [0.15, 0.2) is 0 Å². The van der Waals surface area contributed by atoms with Crippen LogP contribution in [0.4, 0.5) is 0 Å². The topological polar surface area (TPSA) is 29.1 Å². The Balaban J connectivity index is 2.12. The molecule has 2 nitrogen and oxygen atoms in total. The number of rotatable bonds is 5. The van der Waals surface area contributed by atoms with E-state index < -0.39 is 0 Å². The van der Waals surface area contributed by atoms with Gasteiger partial charge in [0.2, 0.25) is 5.91 Å². The van der Waals surface area contributed by atoms with E-state index >= 15 is 0 Å². The number of carbonyl (C=O) groups is 1. The predicted molar refractivity (Wildman–Crippen MR) is 49.9 cm³/mol. The summed E-state index contributed by atoms with van der Waals surface area (Å²) in [4.78, 5) is 11.1. The van der Waals surface area contributed by atoms with Crippen LogP contribution in [-0.2, 0) is 4.79 Å². The molecule has 1 fully saturated rings. The molecule has 0 aromatic carbocycles. The minimum absolute atomic E-state index is 0.220. The quantitative estimate of drug-likeness (QED) is 0.671. The van der Waals surface area contributed by atoms with Crippen molar-refractivity contribution in [3.05, 3.63) is 0 Å². The number of hydrogen-bond acceptors (Lipinski definition) is 1. The molecule has 12 heavy (non-hydrogen) atoms. The van der Waals surface area contributed by atoms with Crippen LogP contribution in [0.25, 0.3) is 0 Å². The van der Waals surface area contributed by atoms with Crippen LogP contribution in [0.2, 0.25) is 0 Å². The fourth-order valence-electron chi connectivity index (χ4n) is 1.43. The van der Waals surface area contributed by atoms with Crippen molar-refractivity contribution >= 4 is 5.91 Å². The maximum Gasteiger partial charge on any atom is 0.220 e. The lowest BCUT2D eigenvalue weighted by molar-refractivity contribution is -0.121. The highest BCUT2D eigenvalue weighted by atomic mass is 16.1. The first-order chi connectivity index (χ1) is 5.72. The minimum atomic E-state index is 0.220. The van der Waals surface area contributed by atoms with Crippen molar-refractivity contribution in [1.82, 2.24) is 5.32 Å². The Morgan fingerprint density at radius 3 is 2.50 bits per heavy atom. The molecule has 0 spiro atoms. The number of nitrogens with one attached hydrogen (secondary N) is 1. The largest absolute Gasteiger partial charge is 0.356 e. The molecule has 0 aromatic heterocycles. The van der Waals surface area contributed by atoms with Crippen molar-refractivity contribution in [2.24, 2.45) is 5.41 Å². The van der Waals surface area contributed by atoms with Crippen LogP contribution in [0.3, 0.4) is 0 Å². The molecule has 1 saturated carbocycles. The van der Waals surface area contributed by atoms with Gasteiger partial charge in [0.15, 0.2) is 0 Å². The van der Waals surface area contributed by atoms with Gasteiger partial charge in [-0.3, -0.25) is 4.79 Å². The lowest BCUT2D eigenvalue weighted by Crippen LogP contribution is -2.29. The summed E-state index contributed by atoms with van der Waals surface area (Å²) in [5.41, 5.74) is 0.489. The average Bonchev–Trinajstić information content (AvgIpc) is 2.82. The summed E-state index contributed by atoms with van der Waals surface area (Å²) in [6, 6.07) is 0. The molecule has 70 valence electrons. The summed E-state index contributed by atoms with van der Waals surface area (Å²) in [5.74, 6) is 0.220. The minimum Gasteiger partial charge on any atom is -0.356 e. The summed E-state index contributed by atoms with van der Waals surface area (Å²) in [6.07, 6.45) is 5.44. The van der Waals surface area contributed by atoms with Gasteiger partial charge in [-0.15, -0.1) is 0 Å². The molecule has 0 atom stereocenters. The molecule has 0 heterocycles. The number of hydrogen-bond donors (Lipinski definition) is 1. The lowest BCUT2D eigenvalue weighted by atomic mass is 10.0. The summed E-state index contributed by atoms with van der Waals surface area (Å²) in [7, 11) is 0. The molecule has 0 bridgehead atoms. The molecule has 2 heteroatoms. The maximum absolute atomic E-state index is 11.1. The third-order valence-electron chi connectivity index (χ3n) is 2.84. The van der Waals surface area contributed by atoms with Crippen molar-refractivity contribution in [2.75, 3.05) is 6.54 Å². The fourth-order valence-corrected chi connectivity index (χ4v) is 1.43. The van der Waals surface area contributed by atoms with E-state index in [0.29, 0.717) is 11.8 Å². The molecule has 0 radical (unpaired) electrons. The summed E-state index contributed by atoms with van der Waals surface area (Å²) >= 11 is 0. The van der Waals surface area contributed by atoms with Gasteiger partial charge in [0, 0.05) is 13.0 Å². The van der Waals surface area contributed by atoms with Crippen LogP contribution in [-0.4, -0.2) is 12.5 Å². The number of carbonyl (C=O) groups excluding carboxylic acids is 1. The van der Waals surface area contributed by atoms with E-state index in [9.17, 15) is 4.79 Å². The third-order valence-corrected chi connectivity index (χ3v) is 2.84. The van der Waals surface area contributed by atoms with Gasteiger partial charge in [-0.05, 0) is 31.1 Å². The zero-order valence-electron chi connectivity index (χ0n) is 8.15. The Labute approximate surface area is 74.7 Å². The molecule has 1 amide bonds. The molecular formula is C10H19NO. The zero-order chi connectivity index (χ0) is 9.03. The Morgan fingerprint density at radius 1 is 1.42 bits per heavy atom. The van der Waals surface area contributed by atoms with E-state index in [4.69, 9.17) is 0 Å². The van der Waals surface area contributed by atoms with Crippen LogP contribution in [0, 0.1) is 5.41 Å². The van der Waals surface area contributed by atoms with Crippen molar-refractivity contribution in [3.8, 4) is 0 Å². The SMILES string of the molecule is CCCC(=O)NCC1(CC)CC1. The van der Waals surface area contributed by atoms with E-state index in [1.807, 2.05) is 6.92 Å². The van der Waals surface area contributed by atoms with Gasteiger partial charge in [-0.1, -0.05) is 13.8 Å². The second-order valence-corrected chi connectivity index (χ2v) is 3.88. The van der Waals surface area contributed by atoms with Crippen LogP contribution >= 0.6 is 0 Å². The van der Waals surface area contributed by atoms with Crippen molar-refractivity contribution < 1.29 is 4.79 Å². The van der Waals surface area contributed by atoms with E-state index in [1.54, 1.807) is 0 Å². The van der Waals surface area contributed by atoms with Gasteiger partial charge in [-0.2, -0.15) is 0 Å². The molecule has 0 saturated heterocycles. The highest BCUT2D eigenvalue weighted by molar-refractivity contribution is 5.75. The summed E-state index contributed by atoms with van der Waals surface area (Å²) in [6.45, 7) is 5.15. The van der Waals surface area contributed by atoms with E-state index in [0.717, 1.165) is 13.0 Å². The van der Waals surface area contributed by atoms with Gasteiger partial charge in [-0.25, -0.2) is 0 Å². The zero-order valence-corrected chi connectivity index (χ0v) is 8.15. The highest BCUT2D eigenvalue weighted by Gasteiger charge is 2.40. The van der Waals surface area contributed by atoms with Gasteiger partial charge < -0.3 is 5.32 Å². The normalized spacial score (nSPS) is 18.8. The second-order valence-electron chi connectivity index (χ2n) is 3.88. The van der Waals surface area contributed by atoms with E-state index in [1.165, 1.54) is 19.3 Å². The van der Waals surface area contributed by atoms with Crippen molar-refractivity contribution in [3.63, 3.8) is 0 Å². The van der Waals surface area contributed by atoms with Crippen molar-refractivity contribution in [1.29, 1.82) is 0 Å².